The van der Waals surface area contributed by atoms with Gasteiger partial charge < -0.3 is 10.1 Å². The molecule has 0 unspecified atom stereocenters. The smallest absolute Gasteiger partial charge is 0.231 e. The molecule has 1 aromatic heterocycles. The minimum Gasteiger partial charge on any atom is -0.497 e. The summed E-state index contributed by atoms with van der Waals surface area (Å²) in [6, 6.07) is 9.84. The third-order valence-corrected chi connectivity index (χ3v) is 5.42. The third kappa shape index (κ3) is 4.17. The summed E-state index contributed by atoms with van der Waals surface area (Å²) in [5, 5.41) is 21.1. The summed E-state index contributed by atoms with van der Waals surface area (Å²) in [5.41, 5.74) is 0.147. The molecule has 1 aromatic carbocycles. The molecule has 7 nitrogen and oxygen atoms in total. The first kappa shape index (κ1) is 18.3. The normalized spacial score (nSPS) is 15.8. The van der Waals surface area contributed by atoms with Crippen LogP contribution in [0.4, 0.5) is 0 Å². The molecule has 0 aliphatic heterocycles. The summed E-state index contributed by atoms with van der Waals surface area (Å²) >= 11 is 1.29. The van der Waals surface area contributed by atoms with Crippen molar-refractivity contribution in [2.24, 2.45) is 0 Å². The van der Waals surface area contributed by atoms with E-state index in [1.54, 1.807) is 18.0 Å². The molecule has 1 fully saturated rings. The van der Waals surface area contributed by atoms with Crippen molar-refractivity contribution in [3.8, 4) is 17.5 Å². The Balaban J connectivity index is 1.64. The van der Waals surface area contributed by atoms with Crippen molar-refractivity contribution in [1.82, 2.24) is 20.1 Å². The van der Waals surface area contributed by atoms with Gasteiger partial charge in [-0.15, -0.1) is 10.2 Å². The van der Waals surface area contributed by atoms with Gasteiger partial charge in [0.1, 0.15) is 17.6 Å². The Morgan fingerprint density at radius 3 is 2.96 bits per heavy atom. The lowest BCUT2D eigenvalue weighted by molar-refractivity contribution is -0.120. The fraction of sp³-hybridized carbons (Fsp3) is 0.444. The van der Waals surface area contributed by atoms with E-state index in [4.69, 9.17) is 4.74 Å². The lowest BCUT2D eigenvalue weighted by atomic mass is 9.83. The van der Waals surface area contributed by atoms with E-state index in [9.17, 15) is 10.1 Å². The van der Waals surface area contributed by atoms with E-state index in [0.717, 1.165) is 43.5 Å². The van der Waals surface area contributed by atoms with Gasteiger partial charge >= 0.3 is 0 Å². The van der Waals surface area contributed by atoms with Crippen LogP contribution in [0.1, 0.15) is 32.1 Å². The Morgan fingerprint density at radius 2 is 2.23 bits per heavy atom. The molecular weight excluding hydrogens is 350 g/mol. The van der Waals surface area contributed by atoms with E-state index in [1.807, 2.05) is 24.3 Å². The third-order valence-electron chi connectivity index (χ3n) is 4.48. The predicted octanol–water partition coefficient (Wildman–Crippen LogP) is 2.71. The van der Waals surface area contributed by atoms with Crippen LogP contribution in [-0.4, -0.2) is 39.1 Å². The fourth-order valence-electron chi connectivity index (χ4n) is 3.11. The quantitative estimate of drug-likeness (QED) is 0.785. The van der Waals surface area contributed by atoms with Gasteiger partial charge in [-0.25, -0.2) is 0 Å². The van der Waals surface area contributed by atoms with Gasteiger partial charge in [0, 0.05) is 6.07 Å². The van der Waals surface area contributed by atoms with Gasteiger partial charge in [-0.2, -0.15) is 5.26 Å². The zero-order valence-electron chi connectivity index (χ0n) is 14.6. The molecule has 0 bridgehead atoms. The highest BCUT2D eigenvalue weighted by Crippen LogP contribution is 2.28. The minimum atomic E-state index is -0.712. The SMILES string of the molecule is COc1cccc(-n2cnnc2SCC(=O)NC2(C#N)CCCCC2)c1. The molecule has 0 radical (unpaired) electrons. The summed E-state index contributed by atoms with van der Waals surface area (Å²) in [6.45, 7) is 0. The molecule has 26 heavy (non-hydrogen) atoms. The first-order valence-corrected chi connectivity index (χ1v) is 9.54. The number of nitrogens with zero attached hydrogens (tertiary/aromatic N) is 4. The summed E-state index contributed by atoms with van der Waals surface area (Å²) in [7, 11) is 1.61. The second kappa shape index (κ2) is 8.23. The number of hydrogen-bond acceptors (Lipinski definition) is 6. The van der Waals surface area contributed by atoms with Gasteiger partial charge in [0.05, 0.1) is 24.6 Å². The molecule has 3 rings (SSSR count). The molecular formula is C18H21N5O2S. The van der Waals surface area contributed by atoms with E-state index < -0.39 is 5.54 Å². The molecule has 1 aliphatic carbocycles. The van der Waals surface area contributed by atoms with Crippen LogP contribution in [0.15, 0.2) is 35.7 Å². The average Bonchev–Trinajstić information content (AvgIpc) is 3.16. The Bertz CT molecular complexity index is 808. The summed E-state index contributed by atoms with van der Waals surface area (Å²) in [4.78, 5) is 12.4. The second-order valence-corrected chi connectivity index (χ2v) is 7.22. The number of carbonyl (C=O) groups excluding carboxylic acids is 1. The van der Waals surface area contributed by atoms with Crippen LogP contribution in [0.2, 0.25) is 0 Å². The molecule has 1 N–H and O–H groups in total. The van der Waals surface area contributed by atoms with Crippen molar-refractivity contribution in [3.05, 3.63) is 30.6 Å². The van der Waals surface area contributed by atoms with Gasteiger partial charge in [0.2, 0.25) is 5.91 Å². The van der Waals surface area contributed by atoms with E-state index >= 15 is 0 Å². The average molecular weight is 371 g/mol. The first-order valence-electron chi connectivity index (χ1n) is 8.55. The summed E-state index contributed by atoms with van der Waals surface area (Å²) in [6.07, 6.45) is 6.13. The molecule has 1 amide bonds. The summed E-state index contributed by atoms with van der Waals surface area (Å²) < 4.78 is 7.05. The van der Waals surface area contributed by atoms with Crippen molar-refractivity contribution in [3.63, 3.8) is 0 Å². The largest absolute Gasteiger partial charge is 0.497 e. The number of hydrogen-bond donors (Lipinski definition) is 1. The van der Waals surface area contributed by atoms with Gasteiger partial charge in [-0.1, -0.05) is 37.1 Å². The molecule has 1 aliphatic rings. The van der Waals surface area contributed by atoms with Crippen LogP contribution in [0.3, 0.4) is 0 Å². The first-order chi connectivity index (χ1) is 12.7. The number of methoxy groups -OCH3 is 1. The van der Waals surface area contributed by atoms with E-state index in [1.165, 1.54) is 11.8 Å². The maximum Gasteiger partial charge on any atom is 0.231 e. The van der Waals surface area contributed by atoms with E-state index in [-0.39, 0.29) is 11.7 Å². The number of aromatic nitrogens is 3. The molecule has 8 heteroatoms. The van der Waals surface area contributed by atoms with Crippen LogP contribution < -0.4 is 10.1 Å². The number of carbonyl (C=O) groups is 1. The number of thioether (sulfide) groups is 1. The number of amides is 1. The Hall–Kier alpha value is -2.53. The monoisotopic (exact) mass is 371 g/mol. The number of ether oxygens (including phenoxy) is 1. The number of nitrogens with one attached hydrogen (secondary N) is 1. The van der Waals surface area contributed by atoms with E-state index in [0.29, 0.717) is 5.16 Å². The number of benzene rings is 1. The van der Waals surface area contributed by atoms with Crippen LogP contribution >= 0.6 is 11.8 Å². The van der Waals surface area contributed by atoms with Crippen LogP contribution in [0.25, 0.3) is 5.69 Å². The molecule has 0 atom stereocenters. The highest BCUT2D eigenvalue weighted by molar-refractivity contribution is 7.99. The Kier molecular flexibility index (Phi) is 5.78. The molecule has 0 spiro atoms. The van der Waals surface area contributed by atoms with Crippen LogP contribution in [0, 0.1) is 11.3 Å². The van der Waals surface area contributed by atoms with Gasteiger partial charge in [0.15, 0.2) is 5.16 Å². The highest BCUT2D eigenvalue weighted by atomic mass is 32.2. The molecule has 0 saturated heterocycles. The zero-order valence-corrected chi connectivity index (χ0v) is 15.5. The van der Waals surface area contributed by atoms with E-state index in [2.05, 4.69) is 21.6 Å². The summed E-state index contributed by atoms with van der Waals surface area (Å²) in [5.74, 6) is 0.767. The van der Waals surface area contributed by atoms with Gasteiger partial charge in [-0.3, -0.25) is 9.36 Å². The topological polar surface area (TPSA) is 92.8 Å². The molecule has 1 heterocycles. The van der Waals surface area contributed by atoms with Crippen molar-refractivity contribution in [2.75, 3.05) is 12.9 Å². The van der Waals surface area contributed by atoms with Crippen LogP contribution in [-0.2, 0) is 4.79 Å². The lowest BCUT2D eigenvalue weighted by Gasteiger charge is -2.31. The number of nitriles is 1. The zero-order chi connectivity index (χ0) is 18.4. The minimum absolute atomic E-state index is 0.154. The van der Waals surface area contributed by atoms with Crippen molar-refractivity contribution < 1.29 is 9.53 Å². The maximum atomic E-state index is 12.4. The maximum absolute atomic E-state index is 12.4. The van der Waals surface area contributed by atoms with Gasteiger partial charge in [-0.05, 0) is 25.0 Å². The Morgan fingerprint density at radius 1 is 1.42 bits per heavy atom. The molecule has 136 valence electrons. The second-order valence-electron chi connectivity index (χ2n) is 6.28. The van der Waals surface area contributed by atoms with Crippen LogP contribution in [0.5, 0.6) is 5.75 Å². The van der Waals surface area contributed by atoms with Crippen molar-refractivity contribution in [1.29, 1.82) is 5.26 Å². The molecule has 2 aromatic rings. The highest BCUT2D eigenvalue weighted by Gasteiger charge is 2.33. The molecule has 1 saturated carbocycles. The van der Waals surface area contributed by atoms with Crippen molar-refractivity contribution in [2.45, 2.75) is 42.8 Å². The standard InChI is InChI=1S/C18H21N5O2S/c1-25-15-7-5-6-14(10-15)23-13-20-22-17(23)26-11-16(24)21-18(12-19)8-3-2-4-9-18/h5-7,10,13H,2-4,8-9,11H2,1H3,(H,21,24). The fourth-order valence-corrected chi connectivity index (χ4v) is 3.84. The Labute approximate surface area is 156 Å². The van der Waals surface area contributed by atoms with Crippen molar-refractivity contribution >= 4 is 17.7 Å². The van der Waals surface area contributed by atoms with Gasteiger partial charge in [0.25, 0.3) is 0 Å². The predicted molar refractivity (Wildman–Crippen MR) is 98.2 cm³/mol. The lowest BCUT2D eigenvalue weighted by Crippen LogP contribution is -2.49. The number of rotatable bonds is 6.